The second-order valence-electron chi connectivity index (χ2n) is 7.81. The number of hydrazone groups is 1. The molecule has 0 aliphatic rings. The lowest BCUT2D eigenvalue weighted by atomic mass is 10.1. The molecule has 3 aromatic carbocycles. The average molecular weight is 606 g/mol. The maximum Gasteiger partial charge on any atom is 0.265 e. The smallest absolute Gasteiger partial charge is 0.265 e. The number of hydrogen-bond donors (Lipinski definition) is 1. The van der Waals surface area contributed by atoms with E-state index in [9.17, 15) is 13.2 Å². The van der Waals surface area contributed by atoms with Gasteiger partial charge in [0, 0.05) is 16.6 Å². The van der Waals surface area contributed by atoms with Gasteiger partial charge in [-0.2, -0.15) is 5.10 Å². The molecule has 10 nitrogen and oxygen atoms in total. The Balaban J connectivity index is 2.04. The van der Waals surface area contributed by atoms with Crippen molar-refractivity contribution in [3.05, 3.63) is 70.7 Å². The van der Waals surface area contributed by atoms with E-state index in [0.29, 0.717) is 17.2 Å². The third-order valence-corrected chi connectivity index (χ3v) is 7.72. The zero-order chi connectivity index (χ0) is 27.9. The Morgan fingerprint density at radius 1 is 0.895 bits per heavy atom. The summed E-state index contributed by atoms with van der Waals surface area (Å²) in [6, 6.07) is 16.2. The molecule has 0 atom stereocenters. The van der Waals surface area contributed by atoms with Crippen LogP contribution in [0.5, 0.6) is 23.0 Å². The number of benzene rings is 3. The lowest BCUT2D eigenvalue weighted by molar-refractivity contribution is -0.119. The number of rotatable bonds is 11. The van der Waals surface area contributed by atoms with Crippen LogP contribution >= 0.6 is 15.9 Å². The van der Waals surface area contributed by atoms with Crippen molar-refractivity contribution >= 4 is 43.3 Å². The molecule has 1 N–H and O–H groups in total. The molecule has 0 aromatic heterocycles. The fraction of sp³-hybridized carbons (Fsp3) is 0.231. The summed E-state index contributed by atoms with van der Waals surface area (Å²) in [5, 5.41) is 4.15. The summed E-state index contributed by atoms with van der Waals surface area (Å²) in [6.07, 6.45) is 0. The normalized spacial score (nSPS) is 11.5. The predicted molar refractivity (Wildman–Crippen MR) is 148 cm³/mol. The van der Waals surface area contributed by atoms with E-state index < -0.39 is 22.5 Å². The van der Waals surface area contributed by atoms with Crippen molar-refractivity contribution in [2.75, 3.05) is 39.3 Å². The fourth-order valence-electron chi connectivity index (χ4n) is 3.49. The van der Waals surface area contributed by atoms with E-state index in [1.807, 2.05) is 24.3 Å². The van der Waals surface area contributed by atoms with Crippen LogP contribution in [0.4, 0.5) is 5.69 Å². The number of carbonyl (C=O) groups is 1. The van der Waals surface area contributed by atoms with E-state index in [0.717, 1.165) is 14.3 Å². The van der Waals surface area contributed by atoms with Gasteiger partial charge in [0.05, 0.1) is 44.7 Å². The van der Waals surface area contributed by atoms with Gasteiger partial charge < -0.3 is 18.9 Å². The number of ether oxygens (including phenoxy) is 4. The van der Waals surface area contributed by atoms with Gasteiger partial charge in [0.15, 0.2) is 11.5 Å². The molecule has 12 heteroatoms. The molecule has 3 aromatic rings. The Morgan fingerprint density at radius 3 is 2.21 bits per heavy atom. The molecule has 0 unspecified atom stereocenters. The molecule has 3 rings (SSSR count). The number of anilines is 1. The molecule has 0 fully saturated rings. The van der Waals surface area contributed by atoms with Crippen LogP contribution in [0.3, 0.4) is 0 Å². The second-order valence-corrected chi connectivity index (χ2v) is 10.6. The van der Waals surface area contributed by atoms with Gasteiger partial charge in [-0.3, -0.25) is 9.10 Å². The highest BCUT2D eigenvalue weighted by atomic mass is 79.9. The third-order valence-electron chi connectivity index (χ3n) is 5.48. The molecule has 1 amide bonds. The Kier molecular flexibility index (Phi) is 9.59. The van der Waals surface area contributed by atoms with Gasteiger partial charge >= 0.3 is 0 Å². The molecule has 0 aliphatic carbocycles. The topological polar surface area (TPSA) is 116 Å². The van der Waals surface area contributed by atoms with E-state index in [1.165, 1.54) is 52.7 Å². The summed E-state index contributed by atoms with van der Waals surface area (Å²) in [5.41, 5.74) is 3.86. The van der Waals surface area contributed by atoms with E-state index in [4.69, 9.17) is 18.9 Å². The van der Waals surface area contributed by atoms with Gasteiger partial charge in [-0.1, -0.05) is 28.1 Å². The average Bonchev–Trinajstić information content (AvgIpc) is 2.93. The third kappa shape index (κ3) is 6.56. The first-order valence-electron chi connectivity index (χ1n) is 11.2. The summed E-state index contributed by atoms with van der Waals surface area (Å²) in [6.45, 7) is 1.13. The van der Waals surface area contributed by atoms with E-state index in [1.54, 1.807) is 19.1 Å². The van der Waals surface area contributed by atoms with E-state index >= 15 is 0 Å². The highest BCUT2D eigenvalue weighted by molar-refractivity contribution is 9.10. The Labute approximate surface area is 230 Å². The zero-order valence-corrected chi connectivity index (χ0v) is 23.9. The van der Waals surface area contributed by atoms with Crippen LogP contribution < -0.4 is 28.7 Å². The van der Waals surface area contributed by atoms with Crippen LogP contribution in [0.15, 0.2) is 75.1 Å². The molecular weight excluding hydrogens is 578 g/mol. The summed E-state index contributed by atoms with van der Waals surface area (Å²) in [7, 11) is 1.38. The van der Waals surface area contributed by atoms with Crippen LogP contribution in [0, 0.1) is 0 Å². The van der Waals surface area contributed by atoms with Crippen molar-refractivity contribution in [3.63, 3.8) is 0 Å². The molecule has 0 bridgehead atoms. The van der Waals surface area contributed by atoms with Crippen molar-refractivity contribution < 1.29 is 32.2 Å². The highest BCUT2D eigenvalue weighted by Gasteiger charge is 2.31. The summed E-state index contributed by atoms with van der Waals surface area (Å²) in [4.78, 5) is 12.9. The first-order chi connectivity index (χ1) is 18.1. The Hall–Kier alpha value is -3.77. The van der Waals surface area contributed by atoms with Crippen LogP contribution in [0.2, 0.25) is 0 Å². The molecule has 0 aliphatic heterocycles. The van der Waals surface area contributed by atoms with Gasteiger partial charge in [-0.05, 0) is 48.9 Å². The van der Waals surface area contributed by atoms with Crippen molar-refractivity contribution in [1.82, 2.24) is 5.43 Å². The first-order valence-corrected chi connectivity index (χ1v) is 13.4. The summed E-state index contributed by atoms with van der Waals surface area (Å²) >= 11 is 3.40. The summed E-state index contributed by atoms with van der Waals surface area (Å²) in [5.74, 6) is 0.485. The van der Waals surface area contributed by atoms with Gasteiger partial charge in [-0.15, -0.1) is 0 Å². The number of carbonyl (C=O) groups excluding carboxylic acids is 1. The van der Waals surface area contributed by atoms with Crippen molar-refractivity contribution in [2.45, 2.75) is 11.8 Å². The lowest BCUT2D eigenvalue weighted by Gasteiger charge is -2.26. The molecule has 38 heavy (non-hydrogen) atoms. The SMILES string of the molecule is COc1ccc(OC)c(N(CC(=O)N/N=C(/C)c2cccc(Br)c2)S(=O)(=O)c2ccc(OC)c(OC)c2)c1. The van der Waals surface area contributed by atoms with Gasteiger partial charge in [-0.25, -0.2) is 13.8 Å². The number of hydrogen-bond acceptors (Lipinski definition) is 8. The molecule has 0 saturated heterocycles. The minimum atomic E-state index is -4.31. The summed E-state index contributed by atoms with van der Waals surface area (Å²) < 4.78 is 50.8. The van der Waals surface area contributed by atoms with Crippen LogP contribution in [-0.2, 0) is 14.8 Å². The Morgan fingerprint density at radius 2 is 1.58 bits per heavy atom. The minimum absolute atomic E-state index is 0.101. The number of nitrogens with zero attached hydrogens (tertiary/aromatic N) is 2. The van der Waals surface area contributed by atoms with Gasteiger partial charge in [0.2, 0.25) is 0 Å². The molecule has 0 saturated carbocycles. The standard InChI is InChI=1S/C26H28BrN3O7S/c1-17(18-7-6-8-19(27)13-18)28-29-26(31)16-30(22-14-20(34-2)9-11-23(22)35-3)38(32,33)21-10-12-24(36-4)25(15-21)37-5/h6-15H,16H2,1-5H3,(H,29,31)/b28-17-. The molecule has 0 spiro atoms. The van der Waals surface area contributed by atoms with Crippen LogP contribution in [0.25, 0.3) is 0 Å². The number of halogens is 1. The van der Waals surface area contributed by atoms with Gasteiger partial charge in [0.1, 0.15) is 18.0 Å². The number of nitrogens with one attached hydrogen (secondary N) is 1. The molecule has 0 radical (unpaired) electrons. The molecule has 202 valence electrons. The predicted octanol–water partition coefficient (Wildman–Crippen LogP) is 4.22. The van der Waals surface area contributed by atoms with Crippen molar-refractivity contribution in [2.24, 2.45) is 5.10 Å². The first kappa shape index (κ1) is 28.8. The van der Waals surface area contributed by atoms with Crippen molar-refractivity contribution in [1.29, 1.82) is 0 Å². The minimum Gasteiger partial charge on any atom is -0.497 e. The maximum absolute atomic E-state index is 13.9. The highest BCUT2D eigenvalue weighted by Crippen LogP contribution is 2.37. The number of sulfonamides is 1. The monoisotopic (exact) mass is 605 g/mol. The maximum atomic E-state index is 13.9. The largest absolute Gasteiger partial charge is 0.497 e. The Bertz CT molecular complexity index is 1440. The van der Waals surface area contributed by atoms with E-state index in [-0.39, 0.29) is 22.1 Å². The number of amides is 1. The number of methoxy groups -OCH3 is 4. The quantitative estimate of drug-likeness (QED) is 0.257. The zero-order valence-electron chi connectivity index (χ0n) is 21.5. The van der Waals surface area contributed by atoms with Gasteiger partial charge in [0.25, 0.3) is 15.9 Å². The fourth-order valence-corrected chi connectivity index (χ4v) is 5.32. The second kappa shape index (κ2) is 12.7. The molecule has 0 heterocycles. The molecular formula is C26H28BrN3O7S. The van der Waals surface area contributed by atoms with E-state index in [2.05, 4.69) is 26.5 Å². The van der Waals surface area contributed by atoms with Crippen molar-refractivity contribution in [3.8, 4) is 23.0 Å². The van der Waals surface area contributed by atoms with Crippen LogP contribution in [0.1, 0.15) is 12.5 Å². The lowest BCUT2D eigenvalue weighted by Crippen LogP contribution is -2.40. The van der Waals surface area contributed by atoms with Crippen LogP contribution in [-0.4, -0.2) is 55.0 Å².